The normalized spacial score (nSPS) is 38.7. The summed E-state index contributed by atoms with van der Waals surface area (Å²) in [5.74, 6) is 2.46. The van der Waals surface area contributed by atoms with Crippen LogP contribution < -0.4 is 10.2 Å². The Morgan fingerprint density at radius 3 is 2.49 bits per heavy atom. The molecule has 3 saturated carbocycles. The van der Waals surface area contributed by atoms with Crippen molar-refractivity contribution in [3.63, 3.8) is 0 Å². The summed E-state index contributed by atoms with van der Waals surface area (Å²) < 4.78 is 0. The molecular weight excluding hydrogens is 456 g/mol. The zero-order valence-electron chi connectivity index (χ0n) is 21.2. The lowest BCUT2D eigenvalue weighted by Crippen LogP contribution is -2.57. The highest BCUT2D eigenvalue weighted by Gasteiger charge is 2.61. The summed E-state index contributed by atoms with van der Waals surface area (Å²) in [6.07, 6.45) is 12.6. The zero-order chi connectivity index (χ0) is 24.4. The van der Waals surface area contributed by atoms with Gasteiger partial charge in [0.1, 0.15) is 0 Å². The molecule has 1 heterocycles. The number of nitrogens with zero attached hydrogens (tertiary/aromatic N) is 1. The third kappa shape index (κ3) is 3.69. The quantitative estimate of drug-likeness (QED) is 0.519. The summed E-state index contributed by atoms with van der Waals surface area (Å²) in [6.45, 7) is 5.76. The molecule has 6 atom stereocenters. The molecule has 6 rings (SSSR count). The highest BCUT2D eigenvalue weighted by atomic mass is 35.5. The molecule has 4 nitrogen and oxygen atoms in total. The number of halogens is 1. The summed E-state index contributed by atoms with van der Waals surface area (Å²) in [5.41, 5.74) is 2.32. The van der Waals surface area contributed by atoms with E-state index < -0.39 is 0 Å². The molecular formula is C30H39ClN2O2. The van der Waals surface area contributed by atoms with Gasteiger partial charge in [0.05, 0.1) is 0 Å². The number of allylic oxidation sites excluding steroid dienone is 2. The molecule has 1 amide bonds. The van der Waals surface area contributed by atoms with Gasteiger partial charge in [-0.25, -0.2) is 0 Å². The summed E-state index contributed by atoms with van der Waals surface area (Å²) in [7, 11) is 0. The van der Waals surface area contributed by atoms with Crippen LogP contribution in [0.1, 0.15) is 78.1 Å². The van der Waals surface area contributed by atoms with Gasteiger partial charge in [0, 0.05) is 52.8 Å². The second-order valence-electron chi connectivity index (χ2n) is 12.5. The summed E-state index contributed by atoms with van der Waals surface area (Å²) in [5, 5.41) is 4.41. The molecule has 0 bridgehead atoms. The molecule has 0 spiro atoms. The number of amides is 1. The largest absolute Gasteiger partial charge is 0.387 e. The fourth-order valence-corrected chi connectivity index (χ4v) is 9.13. The van der Waals surface area contributed by atoms with E-state index in [1.165, 1.54) is 18.5 Å². The molecule has 1 saturated heterocycles. The second-order valence-corrected chi connectivity index (χ2v) is 12.9. The van der Waals surface area contributed by atoms with E-state index in [0.717, 1.165) is 62.2 Å². The maximum atomic E-state index is 14.4. The van der Waals surface area contributed by atoms with Gasteiger partial charge in [-0.05, 0) is 92.4 Å². The van der Waals surface area contributed by atoms with Crippen LogP contribution in [0.15, 0.2) is 36.0 Å². The Labute approximate surface area is 214 Å². The minimum absolute atomic E-state index is 0.0469. The van der Waals surface area contributed by atoms with Gasteiger partial charge in [-0.15, -0.1) is 0 Å². The number of hydrogen-bond donors (Lipinski definition) is 1. The lowest BCUT2D eigenvalue weighted by Gasteiger charge is -2.58. The van der Waals surface area contributed by atoms with Gasteiger partial charge in [0.25, 0.3) is 0 Å². The van der Waals surface area contributed by atoms with Crippen LogP contribution in [0.4, 0.5) is 5.69 Å². The van der Waals surface area contributed by atoms with Gasteiger partial charge in [0.15, 0.2) is 5.78 Å². The van der Waals surface area contributed by atoms with Crippen LogP contribution in [0.2, 0.25) is 5.02 Å². The number of carbonyl (C=O) groups excluding carboxylic acids is 2. The molecule has 0 unspecified atom stereocenters. The van der Waals surface area contributed by atoms with Gasteiger partial charge in [-0.3, -0.25) is 9.59 Å². The first-order valence-corrected chi connectivity index (χ1v) is 14.3. The van der Waals surface area contributed by atoms with Crippen LogP contribution in [0, 0.1) is 34.5 Å². The van der Waals surface area contributed by atoms with Crippen molar-refractivity contribution in [3.8, 4) is 0 Å². The summed E-state index contributed by atoms with van der Waals surface area (Å²) in [6, 6.07) is 8.23. The number of rotatable bonds is 3. The van der Waals surface area contributed by atoms with Crippen molar-refractivity contribution < 1.29 is 9.59 Å². The maximum Gasteiger partial charge on any atom is 0.230 e. The minimum atomic E-state index is 0.0469. The number of hydrogen-bond acceptors (Lipinski definition) is 3. The Morgan fingerprint density at radius 2 is 1.74 bits per heavy atom. The van der Waals surface area contributed by atoms with Crippen LogP contribution in [0.3, 0.4) is 0 Å². The number of carbonyl (C=O) groups is 2. The van der Waals surface area contributed by atoms with Gasteiger partial charge in [-0.1, -0.05) is 38.3 Å². The Morgan fingerprint density at radius 1 is 1.00 bits per heavy atom. The SMILES string of the molecule is C[C@]12CC[C@H]3[C@@H](CNC4=CC(=O)CC[C@@]43C)[C@@H]1CC[C@@H]2C(=O)N(c1ccc(Cl)cc1)C1CCCC1. The Hall–Kier alpha value is -1.81. The predicted molar refractivity (Wildman–Crippen MR) is 140 cm³/mol. The number of benzene rings is 1. The van der Waals surface area contributed by atoms with Crippen LogP contribution in [0.25, 0.3) is 0 Å². The number of nitrogens with one attached hydrogen (secondary N) is 1. The fourth-order valence-electron chi connectivity index (χ4n) is 9.00. The van der Waals surface area contributed by atoms with Gasteiger partial charge in [0.2, 0.25) is 5.91 Å². The average Bonchev–Trinajstić information content (AvgIpc) is 3.48. The average molecular weight is 495 g/mol. The molecule has 1 N–H and O–H groups in total. The topological polar surface area (TPSA) is 49.4 Å². The molecule has 4 aliphatic carbocycles. The zero-order valence-corrected chi connectivity index (χ0v) is 21.9. The highest BCUT2D eigenvalue weighted by Crippen LogP contribution is 2.64. The molecule has 5 heteroatoms. The van der Waals surface area contributed by atoms with Gasteiger partial charge < -0.3 is 10.2 Å². The Bertz CT molecular complexity index is 1040. The Balaban J connectivity index is 1.29. The van der Waals surface area contributed by atoms with E-state index in [2.05, 4.69) is 24.1 Å². The maximum absolute atomic E-state index is 14.4. The molecule has 1 aliphatic heterocycles. The monoisotopic (exact) mass is 494 g/mol. The van der Waals surface area contributed by atoms with Crippen molar-refractivity contribution in [2.24, 2.45) is 34.5 Å². The van der Waals surface area contributed by atoms with Crippen LogP contribution >= 0.6 is 11.6 Å². The number of ketones is 1. The smallest absolute Gasteiger partial charge is 0.230 e. The van der Waals surface area contributed by atoms with Gasteiger partial charge in [-0.2, -0.15) is 0 Å². The van der Waals surface area contributed by atoms with E-state index in [-0.39, 0.29) is 22.5 Å². The van der Waals surface area contributed by atoms with Crippen molar-refractivity contribution in [3.05, 3.63) is 41.1 Å². The summed E-state index contributed by atoms with van der Waals surface area (Å²) >= 11 is 6.20. The van der Waals surface area contributed by atoms with Crippen molar-refractivity contribution in [1.82, 2.24) is 5.32 Å². The molecule has 35 heavy (non-hydrogen) atoms. The molecule has 0 radical (unpaired) electrons. The fraction of sp³-hybridized carbons (Fsp3) is 0.667. The van der Waals surface area contributed by atoms with Crippen molar-refractivity contribution >= 4 is 29.0 Å². The van der Waals surface area contributed by atoms with Gasteiger partial charge >= 0.3 is 0 Å². The van der Waals surface area contributed by atoms with E-state index in [0.29, 0.717) is 36.1 Å². The van der Waals surface area contributed by atoms with Crippen LogP contribution in [-0.2, 0) is 9.59 Å². The van der Waals surface area contributed by atoms with Crippen molar-refractivity contribution in [1.29, 1.82) is 0 Å². The molecule has 188 valence electrons. The lowest BCUT2D eigenvalue weighted by molar-refractivity contribution is -0.130. The number of piperidine rings is 1. The standard InChI is InChI=1S/C30H39ClN2O2/c1-29-16-14-25-23(18-32-27-17-22(34)13-15-30(25,27)2)24(29)11-12-26(29)28(35)33(20-5-3-4-6-20)21-9-7-19(31)8-10-21/h7-10,17,20,23-26,32H,3-6,11-16,18H2,1-2H3/t23-,24-,25-,26+,29-,30+/m0/s1. The minimum Gasteiger partial charge on any atom is -0.387 e. The first kappa shape index (κ1) is 23.6. The van der Waals surface area contributed by atoms with Crippen LogP contribution in [-0.4, -0.2) is 24.3 Å². The lowest BCUT2D eigenvalue weighted by atomic mass is 9.50. The molecule has 4 fully saturated rings. The third-order valence-corrected chi connectivity index (χ3v) is 11.2. The Kier molecular flexibility index (Phi) is 5.82. The third-order valence-electron chi connectivity index (χ3n) is 10.9. The van der Waals surface area contributed by atoms with E-state index in [1.54, 1.807) is 0 Å². The molecule has 1 aromatic rings. The molecule has 5 aliphatic rings. The second kappa shape index (κ2) is 8.64. The first-order chi connectivity index (χ1) is 16.8. The predicted octanol–water partition coefficient (Wildman–Crippen LogP) is 6.53. The van der Waals surface area contributed by atoms with E-state index in [4.69, 9.17) is 11.6 Å². The number of anilines is 1. The summed E-state index contributed by atoms with van der Waals surface area (Å²) in [4.78, 5) is 28.7. The highest BCUT2D eigenvalue weighted by molar-refractivity contribution is 6.30. The van der Waals surface area contributed by atoms with Crippen LogP contribution in [0.5, 0.6) is 0 Å². The van der Waals surface area contributed by atoms with E-state index >= 15 is 0 Å². The molecule has 1 aromatic carbocycles. The van der Waals surface area contributed by atoms with Crippen molar-refractivity contribution in [2.45, 2.75) is 84.1 Å². The number of fused-ring (bicyclic) bond motifs is 5. The van der Waals surface area contributed by atoms with E-state index in [1.807, 2.05) is 30.3 Å². The van der Waals surface area contributed by atoms with Crippen molar-refractivity contribution in [2.75, 3.05) is 11.4 Å². The molecule has 0 aromatic heterocycles. The van der Waals surface area contributed by atoms with E-state index in [9.17, 15) is 9.59 Å². The first-order valence-electron chi connectivity index (χ1n) is 13.9.